The van der Waals surface area contributed by atoms with Gasteiger partial charge in [0.05, 0.1) is 35.8 Å². The Kier molecular flexibility index (Phi) is 10.3. The van der Waals surface area contributed by atoms with Gasteiger partial charge in [-0.25, -0.2) is 0 Å². The number of hydrogen-bond donors (Lipinski definition) is 1. The number of aryl methyl sites for hydroxylation is 2. The van der Waals surface area contributed by atoms with E-state index in [-0.39, 0.29) is 0 Å². The predicted octanol–water partition coefficient (Wildman–Crippen LogP) is 8.16. The summed E-state index contributed by atoms with van der Waals surface area (Å²) in [5.41, 5.74) is 7.63. The fourth-order valence-electron chi connectivity index (χ4n) is 6.84. The van der Waals surface area contributed by atoms with Crippen LogP contribution in [0.2, 0.25) is 0 Å². The van der Waals surface area contributed by atoms with Crippen LogP contribution in [0.15, 0.2) is 125 Å². The minimum Gasteiger partial charge on any atom is -0.485 e. The number of hydrogen-bond acceptors (Lipinski definition) is 13. The minimum absolute atomic E-state index is 0.537. The van der Waals surface area contributed by atoms with Crippen LogP contribution in [0.1, 0.15) is 0 Å². The second-order valence-corrected chi connectivity index (χ2v) is 16.2. The van der Waals surface area contributed by atoms with Crippen LogP contribution in [0, 0.1) is 4.77 Å². The predicted molar refractivity (Wildman–Crippen MR) is 235 cm³/mol. The average Bonchev–Trinajstić information content (AvgIpc) is 4.11. The van der Waals surface area contributed by atoms with Gasteiger partial charge in [0, 0.05) is 81.3 Å². The van der Waals surface area contributed by atoms with Crippen LogP contribution in [0.25, 0.3) is 55.4 Å². The van der Waals surface area contributed by atoms with Gasteiger partial charge in [-0.3, -0.25) is 33.2 Å². The van der Waals surface area contributed by atoms with Crippen LogP contribution in [0.3, 0.4) is 0 Å². The molecule has 0 atom stereocenters. The van der Waals surface area contributed by atoms with Crippen molar-refractivity contribution in [1.29, 1.82) is 0 Å². The molecule has 0 spiro atoms. The lowest BCUT2D eigenvalue weighted by Gasteiger charge is -2.19. The van der Waals surface area contributed by atoms with E-state index in [0.29, 0.717) is 36.9 Å². The number of ether oxygens (including phenoxy) is 4. The Labute approximate surface area is 364 Å². The summed E-state index contributed by atoms with van der Waals surface area (Å²) in [5, 5.41) is 26.6. The Balaban J connectivity index is 0.000000121. The number of nitrogens with one attached hydrogen (secondary N) is 1. The molecule has 12 rings (SSSR count). The van der Waals surface area contributed by atoms with Crippen LogP contribution in [0.5, 0.6) is 23.0 Å². The lowest BCUT2D eigenvalue weighted by Crippen LogP contribution is -2.15. The van der Waals surface area contributed by atoms with Gasteiger partial charge < -0.3 is 18.9 Å². The maximum atomic E-state index is 5.85. The molecule has 0 radical (unpaired) electrons. The summed E-state index contributed by atoms with van der Waals surface area (Å²) >= 11 is 10.1. The van der Waals surface area contributed by atoms with E-state index in [0.717, 1.165) is 87.1 Å². The maximum Gasteiger partial charge on any atom is 0.200 e. The summed E-state index contributed by atoms with van der Waals surface area (Å²) in [4.78, 5) is 9.81. The van der Waals surface area contributed by atoms with E-state index in [1.165, 1.54) is 0 Å². The van der Waals surface area contributed by atoms with Crippen molar-refractivity contribution in [3.8, 4) is 45.3 Å². The molecule has 61 heavy (non-hydrogen) atoms. The molecule has 2 aliphatic heterocycles. The van der Waals surface area contributed by atoms with Gasteiger partial charge >= 0.3 is 0 Å². The Morgan fingerprint density at radius 1 is 0.623 bits per heavy atom. The van der Waals surface area contributed by atoms with Crippen molar-refractivity contribution < 1.29 is 18.9 Å². The number of halogens is 1. The third-order valence-electron chi connectivity index (χ3n) is 9.75. The van der Waals surface area contributed by atoms with E-state index in [4.69, 9.17) is 31.2 Å². The third-order valence-corrected chi connectivity index (χ3v) is 11.5. The zero-order valence-corrected chi connectivity index (χ0v) is 35.7. The van der Waals surface area contributed by atoms with Gasteiger partial charge in [0.25, 0.3) is 0 Å². The largest absolute Gasteiger partial charge is 0.485 e. The molecular weight excluding hydrogens is 881 g/mol. The molecular formula is C42H33BrN12O4S2. The SMILES string of the molecule is Brc1ccc2ncc3c(c2c1)OCCO3.Cn1cc(-c2ccc3n[nH]c(=S)n3c2)cn1.Cn1cc(-c2ccc3nnc(Sc4ccc5ncc6c(c5c4)OCCO6)n3c2)cn1. The quantitative estimate of drug-likeness (QED) is 0.169. The zero-order valence-electron chi connectivity index (χ0n) is 32.5. The number of aromatic nitrogens is 12. The van der Waals surface area contributed by atoms with Crippen LogP contribution in [-0.2, 0) is 14.1 Å². The van der Waals surface area contributed by atoms with Crippen molar-refractivity contribution in [1.82, 2.24) is 58.7 Å². The fraction of sp³-hybridized carbons (Fsp3) is 0.143. The van der Waals surface area contributed by atoms with E-state index in [2.05, 4.69) is 62.6 Å². The number of rotatable bonds is 4. The van der Waals surface area contributed by atoms with Crippen molar-refractivity contribution in [3.63, 3.8) is 0 Å². The van der Waals surface area contributed by atoms with E-state index in [1.54, 1.807) is 33.5 Å². The van der Waals surface area contributed by atoms with E-state index in [1.807, 2.05) is 115 Å². The number of benzene rings is 2. The summed E-state index contributed by atoms with van der Waals surface area (Å²) in [6, 6.07) is 19.9. The van der Waals surface area contributed by atoms with Gasteiger partial charge in [-0.2, -0.15) is 15.3 Å². The maximum absolute atomic E-state index is 5.85. The normalized spacial score (nSPS) is 12.9. The molecule has 0 unspecified atom stereocenters. The highest BCUT2D eigenvalue weighted by Gasteiger charge is 2.18. The Bertz CT molecular complexity index is 3310. The molecule has 0 fully saturated rings. The fourth-order valence-corrected chi connectivity index (χ4v) is 8.24. The molecule has 10 aromatic rings. The van der Waals surface area contributed by atoms with Gasteiger partial charge in [-0.15, -0.1) is 10.2 Å². The van der Waals surface area contributed by atoms with Gasteiger partial charge in [0.2, 0.25) is 0 Å². The first-order valence-corrected chi connectivity index (χ1v) is 20.9. The molecule has 0 saturated heterocycles. The van der Waals surface area contributed by atoms with E-state index >= 15 is 0 Å². The highest BCUT2D eigenvalue weighted by Crippen LogP contribution is 2.40. The van der Waals surface area contributed by atoms with Gasteiger partial charge in [0.1, 0.15) is 26.4 Å². The Hall–Kier alpha value is -6.83. The van der Waals surface area contributed by atoms with Crippen molar-refractivity contribution in [2.45, 2.75) is 10.1 Å². The first kappa shape index (κ1) is 38.4. The molecule has 19 heteroatoms. The summed E-state index contributed by atoms with van der Waals surface area (Å²) in [6.07, 6.45) is 15.0. The first-order valence-electron chi connectivity index (χ1n) is 18.9. The van der Waals surface area contributed by atoms with Gasteiger partial charge in [-0.05, 0) is 84.6 Å². The molecule has 2 aliphatic rings. The Morgan fingerprint density at radius 2 is 1.21 bits per heavy atom. The molecule has 2 aromatic carbocycles. The van der Waals surface area contributed by atoms with Crippen LogP contribution < -0.4 is 18.9 Å². The second-order valence-electron chi connectivity index (χ2n) is 13.8. The molecule has 0 aliphatic carbocycles. The molecule has 8 aromatic heterocycles. The van der Waals surface area contributed by atoms with Crippen LogP contribution in [-0.4, -0.2) is 85.2 Å². The molecule has 1 N–H and O–H groups in total. The average molecular weight is 914 g/mol. The lowest BCUT2D eigenvalue weighted by atomic mass is 10.2. The van der Waals surface area contributed by atoms with Crippen molar-refractivity contribution in [2.24, 2.45) is 14.1 Å². The van der Waals surface area contributed by atoms with Crippen molar-refractivity contribution >= 4 is 73.0 Å². The summed E-state index contributed by atoms with van der Waals surface area (Å²) in [5.74, 6) is 2.96. The third kappa shape index (κ3) is 7.85. The van der Waals surface area contributed by atoms with Crippen molar-refractivity contribution in [2.75, 3.05) is 26.4 Å². The smallest absolute Gasteiger partial charge is 0.200 e. The molecule has 16 nitrogen and oxygen atoms in total. The highest BCUT2D eigenvalue weighted by atomic mass is 79.9. The van der Waals surface area contributed by atoms with E-state index < -0.39 is 0 Å². The molecule has 0 amide bonds. The number of pyridine rings is 4. The zero-order chi connectivity index (χ0) is 41.5. The first-order chi connectivity index (χ1) is 29.8. The van der Waals surface area contributed by atoms with Gasteiger partial charge in [0.15, 0.2) is 44.2 Å². The molecule has 304 valence electrons. The molecule has 10 heterocycles. The summed E-state index contributed by atoms with van der Waals surface area (Å²) in [6.45, 7) is 2.27. The minimum atomic E-state index is 0.537. The number of fused-ring (bicyclic) bond motifs is 8. The van der Waals surface area contributed by atoms with Gasteiger partial charge in [-0.1, -0.05) is 15.9 Å². The lowest BCUT2D eigenvalue weighted by molar-refractivity contribution is 0.173. The topological polar surface area (TPSA) is 162 Å². The Morgan fingerprint density at radius 3 is 1.85 bits per heavy atom. The van der Waals surface area contributed by atoms with Crippen molar-refractivity contribution in [3.05, 3.63) is 119 Å². The monoisotopic (exact) mass is 912 g/mol. The number of nitrogens with zero attached hydrogens (tertiary/aromatic N) is 11. The summed E-state index contributed by atoms with van der Waals surface area (Å²) < 4.78 is 31.6. The number of aromatic amines is 1. The second kappa shape index (κ2) is 16.3. The number of H-pyrrole nitrogens is 1. The van der Waals surface area contributed by atoms with E-state index in [9.17, 15) is 0 Å². The molecule has 0 saturated carbocycles. The van der Waals surface area contributed by atoms with Crippen LogP contribution in [0.4, 0.5) is 0 Å². The highest BCUT2D eigenvalue weighted by molar-refractivity contribution is 9.10. The molecule has 0 bridgehead atoms. The summed E-state index contributed by atoms with van der Waals surface area (Å²) in [7, 11) is 3.80. The standard InChI is InChI=1S/C21H16N6O2S.C11H8BrNO2.C10H9N5S/c1-26-11-14(9-23-26)13-2-5-19-24-25-21(27(19)12-13)30-15-3-4-17-16(8-15)20-18(10-22-17)28-6-7-29-20;12-7-1-2-9-8(5-7)11-10(6-13-9)14-3-4-15-11;1-14-5-8(4-11-14)7-2-3-9-12-13-10(16)15(9)6-7/h2-5,8-12H,6-7H2,1H3;1-2,5-6H,3-4H2;2-6H,1H3,(H,13,16). The van der Waals surface area contributed by atoms with Crippen LogP contribution >= 0.6 is 39.9 Å².